The van der Waals surface area contributed by atoms with Crippen LogP contribution in [0.1, 0.15) is 45.2 Å². The van der Waals surface area contributed by atoms with Gasteiger partial charge in [0.1, 0.15) is 5.82 Å². The molecule has 3 nitrogen and oxygen atoms in total. The maximum absolute atomic E-state index is 4.65. The first kappa shape index (κ1) is 16.0. The first-order chi connectivity index (χ1) is 8.95. The number of hydrogen-bond acceptors (Lipinski definition) is 3. The second-order valence-corrected chi connectivity index (χ2v) is 5.85. The second kappa shape index (κ2) is 7.49. The van der Waals surface area contributed by atoms with Gasteiger partial charge in [0.2, 0.25) is 0 Å². The van der Waals surface area contributed by atoms with Crippen LogP contribution in [0.4, 0.5) is 5.82 Å². The van der Waals surface area contributed by atoms with Crippen molar-refractivity contribution >= 4 is 5.82 Å². The Hall–Kier alpha value is -1.09. The average molecular weight is 263 g/mol. The van der Waals surface area contributed by atoms with Gasteiger partial charge in [0.15, 0.2) is 0 Å². The number of hydrogen-bond donors (Lipinski definition) is 1. The van der Waals surface area contributed by atoms with Crippen molar-refractivity contribution in [2.24, 2.45) is 5.92 Å². The van der Waals surface area contributed by atoms with E-state index in [0.29, 0.717) is 12.0 Å². The highest BCUT2D eigenvalue weighted by Gasteiger charge is 2.14. The summed E-state index contributed by atoms with van der Waals surface area (Å²) in [5.41, 5.74) is 2.52. The Balaban J connectivity index is 2.77. The molecule has 0 saturated carbocycles. The van der Waals surface area contributed by atoms with Gasteiger partial charge < -0.3 is 10.2 Å². The van der Waals surface area contributed by atoms with E-state index in [2.05, 4.69) is 62.9 Å². The zero-order valence-electron chi connectivity index (χ0n) is 13.3. The Labute approximate surface area is 118 Å². The van der Waals surface area contributed by atoms with Crippen molar-refractivity contribution in [3.05, 3.63) is 23.4 Å². The number of anilines is 1. The highest BCUT2D eigenvalue weighted by Crippen LogP contribution is 2.21. The summed E-state index contributed by atoms with van der Waals surface area (Å²) < 4.78 is 0. The molecule has 1 atom stereocenters. The summed E-state index contributed by atoms with van der Waals surface area (Å²) in [5, 5.41) is 3.34. The summed E-state index contributed by atoms with van der Waals surface area (Å²) in [6.45, 7) is 13.0. The third kappa shape index (κ3) is 4.83. The van der Waals surface area contributed by atoms with Gasteiger partial charge in [0.25, 0.3) is 0 Å². The normalized spacial score (nSPS) is 12.8. The van der Waals surface area contributed by atoms with Crippen LogP contribution in [0.5, 0.6) is 0 Å². The topological polar surface area (TPSA) is 28.2 Å². The van der Waals surface area contributed by atoms with Crippen LogP contribution in [0.25, 0.3) is 0 Å². The molecule has 0 aliphatic heterocycles. The van der Waals surface area contributed by atoms with Crippen LogP contribution in [-0.4, -0.2) is 24.6 Å². The molecule has 0 fully saturated rings. The molecular weight excluding hydrogens is 234 g/mol. The molecule has 0 amide bonds. The molecule has 0 bridgehead atoms. The second-order valence-electron chi connectivity index (χ2n) is 5.85. The van der Waals surface area contributed by atoms with Gasteiger partial charge in [-0.05, 0) is 49.9 Å². The van der Waals surface area contributed by atoms with Crippen LogP contribution >= 0.6 is 0 Å². The summed E-state index contributed by atoms with van der Waals surface area (Å²) in [7, 11) is 2.15. The fourth-order valence-corrected chi connectivity index (χ4v) is 2.41. The highest BCUT2D eigenvalue weighted by molar-refractivity contribution is 5.47. The predicted octanol–water partition coefficient (Wildman–Crippen LogP) is 3.37. The minimum absolute atomic E-state index is 0.519. The quantitative estimate of drug-likeness (QED) is 0.817. The lowest BCUT2D eigenvalue weighted by Crippen LogP contribution is -2.31. The number of aromatic nitrogens is 1. The molecule has 0 aliphatic rings. The number of aryl methyl sites for hydroxylation is 1. The summed E-state index contributed by atoms with van der Waals surface area (Å²) in [6, 6.07) is 2.76. The van der Waals surface area contributed by atoms with Crippen molar-refractivity contribution in [2.75, 3.05) is 18.5 Å². The van der Waals surface area contributed by atoms with Gasteiger partial charge in [0.05, 0.1) is 0 Å². The van der Waals surface area contributed by atoms with E-state index in [1.807, 2.05) is 6.20 Å². The van der Waals surface area contributed by atoms with Crippen LogP contribution < -0.4 is 10.2 Å². The average Bonchev–Trinajstić information content (AvgIpc) is 2.34. The minimum Gasteiger partial charge on any atom is -0.357 e. The summed E-state index contributed by atoms with van der Waals surface area (Å²) in [5.74, 6) is 1.82. The van der Waals surface area contributed by atoms with Crippen molar-refractivity contribution in [1.82, 2.24) is 10.3 Å². The molecule has 1 aromatic heterocycles. The van der Waals surface area contributed by atoms with E-state index in [-0.39, 0.29) is 0 Å². The number of nitrogens with one attached hydrogen (secondary N) is 1. The predicted molar refractivity (Wildman–Crippen MR) is 83.7 cm³/mol. The molecule has 0 aromatic carbocycles. The van der Waals surface area contributed by atoms with Crippen molar-refractivity contribution in [3.8, 4) is 0 Å². The van der Waals surface area contributed by atoms with E-state index >= 15 is 0 Å². The maximum atomic E-state index is 4.65. The van der Waals surface area contributed by atoms with Crippen molar-refractivity contribution in [2.45, 2.75) is 53.6 Å². The van der Waals surface area contributed by atoms with Crippen molar-refractivity contribution in [3.63, 3.8) is 0 Å². The van der Waals surface area contributed by atoms with E-state index < -0.39 is 0 Å². The molecule has 1 heterocycles. The van der Waals surface area contributed by atoms with E-state index in [0.717, 1.165) is 18.9 Å². The van der Waals surface area contributed by atoms with Gasteiger partial charge in [-0.3, -0.25) is 0 Å². The molecule has 0 saturated heterocycles. The van der Waals surface area contributed by atoms with Crippen molar-refractivity contribution in [1.29, 1.82) is 0 Å². The van der Waals surface area contributed by atoms with Gasteiger partial charge in [-0.1, -0.05) is 20.8 Å². The van der Waals surface area contributed by atoms with Crippen LogP contribution in [0.3, 0.4) is 0 Å². The zero-order valence-corrected chi connectivity index (χ0v) is 13.3. The molecule has 3 heteroatoms. The van der Waals surface area contributed by atoms with E-state index in [9.17, 15) is 0 Å². The maximum Gasteiger partial charge on any atom is 0.131 e. The highest BCUT2D eigenvalue weighted by atomic mass is 15.2. The van der Waals surface area contributed by atoms with Gasteiger partial charge in [-0.25, -0.2) is 4.98 Å². The molecule has 1 rings (SSSR count). The molecule has 0 spiro atoms. The van der Waals surface area contributed by atoms with Gasteiger partial charge >= 0.3 is 0 Å². The number of pyridine rings is 1. The Morgan fingerprint density at radius 2 is 2.00 bits per heavy atom. The smallest absolute Gasteiger partial charge is 0.131 e. The van der Waals surface area contributed by atoms with Gasteiger partial charge in [0, 0.05) is 25.8 Å². The van der Waals surface area contributed by atoms with Gasteiger partial charge in [-0.15, -0.1) is 0 Å². The Morgan fingerprint density at radius 3 is 2.53 bits per heavy atom. The van der Waals surface area contributed by atoms with E-state index in [1.165, 1.54) is 17.5 Å². The first-order valence-corrected chi connectivity index (χ1v) is 7.34. The first-order valence-electron chi connectivity index (χ1n) is 7.34. The lowest BCUT2D eigenvalue weighted by atomic mass is 10.0. The molecule has 0 radical (unpaired) electrons. The Kier molecular flexibility index (Phi) is 6.29. The van der Waals surface area contributed by atoms with Gasteiger partial charge in [-0.2, -0.15) is 0 Å². The lowest BCUT2D eigenvalue weighted by molar-refractivity contribution is 0.501. The third-order valence-electron chi connectivity index (χ3n) is 3.49. The molecule has 1 unspecified atom stereocenters. The van der Waals surface area contributed by atoms with Crippen LogP contribution in [0.2, 0.25) is 0 Å². The molecule has 19 heavy (non-hydrogen) atoms. The molecule has 108 valence electrons. The van der Waals surface area contributed by atoms with E-state index in [4.69, 9.17) is 0 Å². The van der Waals surface area contributed by atoms with Crippen molar-refractivity contribution < 1.29 is 0 Å². The summed E-state index contributed by atoms with van der Waals surface area (Å²) in [4.78, 5) is 6.94. The minimum atomic E-state index is 0.519. The summed E-state index contributed by atoms with van der Waals surface area (Å²) >= 11 is 0. The fourth-order valence-electron chi connectivity index (χ4n) is 2.41. The van der Waals surface area contributed by atoms with Crippen LogP contribution in [0.15, 0.2) is 12.3 Å². The standard InChI is InChI=1S/C16H29N3/c1-7-17-10-15-9-13(4)16(18-11-15)19(6)14(5)8-12(2)3/h9,11-12,14,17H,7-8,10H2,1-6H3. The third-order valence-corrected chi connectivity index (χ3v) is 3.49. The molecule has 0 aliphatic carbocycles. The Bertz CT molecular complexity index is 388. The SMILES string of the molecule is CCNCc1cnc(N(C)C(C)CC(C)C)c(C)c1. The lowest BCUT2D eigenvalue weighted by Gasteiger charge is -2.28. The van der Waals surface area contributed by atoms with Crippen LogP contribution in [0, 0.1) is 12.8 Å². The van der Waals surface area contributed by atoms with Crippen LogP contribution in [-0.2, 0) is 6.54 Å². The molecular formula is C16H29N3. The molecule has 1 N–H and O–H groups in total. The largest absolute Gasteiger partial charge is 0.357 e. The summed E-state index contributed by atoms with van der Waals surface area (Å²) in [6.07, 6.45) is 3.18. The zero-order chi connectivity index (χ0) is 14.4. The Morgan fingerprint density at radius 1 is 1.32 bits per heavy atom. The fraction of sp³-hybridized carbons (Fsp3) is 0.688. The number of rotatable bonds is 7. The molecule has 1 aromatic rings. The number of nitrogens with zero attached hydrogens (tertiary/aromatic N) is 2. The van der Waals surface area contributed by atoms with E-state index in [1.54, 1.807) is 0 Å². The monoisotopic (exact) mass is 263 g/mol.